The number of nitrogens with one attached hydrogen (secondary N) is 2. The highest BCUT2D eigenvalue weighted by atomic mass is 16.6. The minimum absolute atomic E-state index is 0.156. The number of fused-ring (bicyclic) bond motifs is 8. The van der Waals surface area contributed by atoms with Gasteiger partial charge in [0.2, 0.25) is 5.91 Å². The van der Waals surface area contributed by atoms with E-state index in [4.69, 9.17) is 33.2 Å². The van der Waals surface area contributed by atoms with Crippen molar-refractivity contribution in [3.05, 3.63) is 133 Å². The summed E-state index contributed by atoms with van der Waals surface area (Å²) in [6.07, 6.45) is 3.94. The molecule has 0 unspecified atom stereocenters. The molecule has 15 heteroatoms. The Hall–Kier alpha value is -7.42. The van der Waals surface area contributed by atoms with Crippen LogP contribution in [0.1, 0.15) is 203 Å². The Bertz CT molecular complexity index is 3030. The predicted octanol–water partition coefficient (Wildman–Crippen LogP) is 13.3. The van der Waals surface area contributed by atoms with Gasteiger partial charge in [0, 0.05) is 32.1 Å². The summed E-state index contributed by atoms with van der Waals surface area (Å²) in [7, 11) is 0. The Balaban J connectivity index is 1.71. The van der Waals surface area contributed by atoms with E-state index in [1.54, 1.807) is 39.0 Å². The molecule has 0 saturated carbocycles. The molecule has 0 saturated heterocycles. The fraction of sp³-hybridized carbons (Fsp3) is 0.507. The summed E-state index contributed by atoms with van der Waals surface area (Å²) in [6.45, 7) is 32.0. The third kappa shape index (κ3) is 18.3. The molecule has 4 aromatic carbocycles. The highest BCUT2D eigenvalue weighted by molar-refractivity contribution is 5.92. The first-order valence-electron chi connectivity index (χ1n) is 29.7. The molecule has 454 valence electrons. The smallest absolute Gasteiger partial charge is 0.344 e. The van der Waals surface area contributed by atoms with E-state index < -0.39 is 46.7 Å². The number of carbonyl (C=O) groups excluding carboxylic acids is 5. The Morgan fingerprint density at radius 3 is 0.940 bits per heavy atom. The minimum Gasteiger partial charge on any atom is -0.483 e. The first-order chi connectivity index (χ1) is 39.5. The van der Waals surface area contributed by atoms with Crippen molar-refractivity contribution in [2.75, 3.05) is 56.9 Å². The van der Waals surface area contributed by atoms with Gasteiger partial charge in [-0.15, -0.1) is 0 Å². The van der Waals surface area contributed by atoms with Crippen LogP contribution in [-0.4, -0.2) is 81.0 Å². The highest BCUT2D eigenvalue weighted by Gasteiger charge is 2.31. The first-order valence-corrected chi connectivity index (χ1v) is 29.7. The molecule has 6 rings (SSSR count). The molecule has 0 radical (unpaired) electrons. The van der Waals surface area contributed by atoms with E-state index in [1.165, 1.54) is 0 Å². The van der Waals surface area contributed by atoms with Gasteiger partial charge in [0.15, 0.2) is 26.4 Å². The molecule has 0 atom stereocenters. The topological polar surface area (TPSA) is 187 Å². The zero-order chi connectivity index (χ0) is 61.7. The third-order valence-corrected chi connectivity index (χ3v) is 14.5. The molecule has 84 heavy (non-hydrogen) atoms. The van der Waals surface area contributed by atoms with Gasteiger partial charge < -0.3 is 43.8 Å². The van der Waals surface area contributed by atoms with Gasteiger partial charge in [-0.2, -0.15) is 0 Å². The number of anilines is 2. The van der Waals surface area contributed by atoms with Gasteiger partial charge in [0.1, 0.15) is 34.6 Å². The van der Waals surface area contributed by atoms with Crippen LogP contribution in [0.2, 0.25) is 0 Å². The molecule has 1 aliphatic carbocycles. The average Bonchev–Trinajstić information content (AvgIpc) is 1.88. The van der Waals surface area contributed by atoms with Crippen molar-refractivity contribution in [2.24, 2.45) is 0 Å². The quantitative estimate of drug-likeness (QED) is 0.0394. The van der Waals surface area contributed by atoms with Gasteiger partial charge in [-0.05, 0) is 128 Å². The van der Waals surface area contributed by atoms with E-state index in [0.717, 1.165) is 86.0 Å². The van der Waals surface area contributed by atoms with Crippen LogP contribution in [0.5, 0.6) is 23.0 Å². The molecular weight excluding hydrogens is 1060 g/mol. The lowest BCUT2D eigenvalue weighted by atomic mass is 9.79. The largest absolute Gasteiger partial charge is 0.483 e. The minimum atomic E-state index is -0.537. The van der Waals surface area contributed by atoms with Crippen molar-refractivity contribution in [3.8, 4) is 23.0 Å². The van der Waals surface area contributed by atoms with Crippen LogP contribution in [-0.2, 0) is 85.5 Å². The molecule has 0 aliphatic heterocycles. The van der Waals surface area contributed by atoms with E-state index in [9.17, 15) is 24.0 Å². The van der Waals surface area contributed by atoms with E-state index in [1.807, 2.05) is 0 Å². The number of ether oxygens (including phenoxy) is 7. The second kappa shape index (κ2) is 28.4. The lowest BCUT2D eigenvalue weighted by Gasteiger charge is -2.29. The van der Waals surface area contributed by atoms with Gasteiger partial charge in [-0.1, -0.05) is 157 Å². The lowest BCUT2D eigenvalue weighted by Crippen LogP contribution is -2.23. The maximum Gasteiger partial charge on any atom is 0.344 e. The molecule has 0 fully saturated rings. The number of aromatic nitrogens is 1. The Kier molecular flexibility index (Phi) is 22.3. The molecule has 1 aliphatic rings. The van der Waals surface area contributed by atoms with E-state index >= 15 is 0 Å². The van der Waals surface area contributed by atoms with Crippen LogP contribution in [0.15, 0.2) is 66.7 Å². The van der Waals surface area contributed by atoms with Crippen LogP contribution in [0.3, 0.4) is 0 Å². The number of amides is 2. The van der Waals surface area contributed by atoms with Gasteiger partial charge in [-0.25, -0.2) is 19.4 Å². The summed E-state index contributed by atoms with van der Waals surface area (Å²) in [6, 6.07) is 22.0. The number of pyridine rings is 1. The number of benzene rings is 4. The van der Waals surface area contributed by atoms with Gasteiger partial charge in [0.05, 0.1) is 19.8 Å². The van der Waals surface area contributed by atoms with Crippen molar-refractivity contribution in [1.82, 2.24) is 4.98 Å². The second-order valence-electron chi connectivity index (χ2n) is 25.7. The summed E-state index contributed by atoms with van der Waals surface area (Å²) < 4.78 is 43.4. The molecule has 0 spiro atoms. The average molecular weight is 1150 g/mol. The Morgan fingerprint density at radius 2 is 0.679 bits per heavy atom. The fourth-order valence-electron chi connectivity index (χ4n) is 10.00. The molecule has 15 nitrogen and oxygen atoms in total. The number of rotatable bonds is 21. The number of hydrogen-bond acceptors (Lipinski definition) is 13. The molecule has 1 aromatic heterocycles. The summed E-state index contributed by atoms with van der Waals surface area (Å²) >= 11 is 0. The third-order valence-electron chi connectivity index (χ3n) is 14.5. The van der Waals surface area contributed by atoms with Gasteiger partial charge in [0.25, 0.3) is 5.91 Å². The second-order valence-corrected chi connectivity index (χ2v) is 25.7. The summed E-state index contributed by atoms with van der Waals surface area (Å²) in [4.78, 5) is 71.7. The van der Waals surface area contributed by atoms with Gasteiger partial charge >= 0.3 is 17.9 Å². The van der Waals surface area contributed by atoms with Crippen molar-refractivity contribution in [2.45, 2.75) is 184 Å². The maximum absolute atomic E-state index is 14.3. The molecule has 2 amide bonds. The van der Waals surface area contributed by atoms with Crippen LogP contribution < -0.4 is 29.6 Å². The monoisotopic (exact) mass is 1150 g/mol. The number of esters is 3. The first kappa shape index (κ1) is 65.7. The van der Waals surface area contributed by atoms with Crippen LogP contribution >= 0.6 is 0 Å². The molecule has 8 bridgehead atoms. The van der Waals surface area contributed by atoms with E-state index in [2.05, 4.69) is 154 Å². The molecule has 1 heterocycles. The molecule has 5 aromatic rings. The van der Waals surface area contributed by atoms with Crippen molar-refractivity contribution < 1.29 is 57.1 Å². The highest BCUT2D eigenvalue weighted by Crippen LogP contribution is 2.44. The zero-order valence-corrected chi connectivity index (χ0v) is 52.8. The summed E-state index contributed by atoms with van der Waals surface area (Å²) in [5.74, 6) is 0.149. The van der Waals surface area contributed by atoms with Crippen LogP contribution in [0, 0.1) is 0 Å². The number of carbonyl (C=O) groups is 5. The predicted molar refractivity (Wildman–Crippen MR) is 329 cm³/mol. The zero-order valence-electron chi connectivity index (χ0n) is 52.8. The lowest BCUT2D eigenvalue weighted by molar-refractivity contribution is -0.146. The molecule has 2 N–H and O–H groups in total. The molecular formula is C69H91N3O12. The maximum atomic E-state index is 14.3. The van der Waals surface area contributed by atoms with Crippen molar-refractivity contribution in [1.29, 1.82) is 0 Å². The van der Waals surface area contributed by atoms with E-state index in [0.29, 0.717) is 35.2 Å². The van der Waals surface area contributed by atoms with Gasteiger partial charge in [-0.3, -0.25) is 9.59 Å². The number of hydrogen-bond donors (Lipinski definition) is 2. The summed E-state index contributed by atoms with van der Waals surface area (Å²) in [5, 5.41) is 5.74. The number of nitrogens with zero attached hydrogens (tertiary/aromatic N) is 1. The van der Waals surface area contributed by atoms with E-state index in [-0.39, 0.29) is 82.5 Å². The van der Waals surface area contributed by atoms with Crippen molar-refractivity contribution >= 4 is 41.4 Å². The Labute approximate surface area is 498 Å². The van der Waals surface area contributed by atoms with Crippen LogP contribution in [0.4, 0.5) is 11.6 Å². The number of unbranched alkanes of at least 4 members (excludes halogenated alkanes) is 2. The SMILES string of the molecule is CCCCCC(=O)Nc1cccc(NC(=O)COc2c3cc(C(C)(C)C)cc2Cc2cc(C(C)(C)C)cc(c2OCC(=O)OCC)Cc2cc(C(C)(C)C)cc(c2OCC(=O)OCC)Cc2cc(C(C)(C)C)cc(c2OCC(=O)OCC)C3)n1. The Morgan fingerprint density at radius 1 is 0.405 bits per heavy atom. The summed E-state index contributed by atoms with van der Waals surface area (Å²) in [5.41, 5.74) is 8.39. The van der Waals surface area contributed by atoms with Crippen LogP contribution in [0.25, 0.3) is 0 Å². The fourth-order valence-corrected chi connectivity index (χ4v) is 10.00. The normalized spacial score (nSPS) is 12.6. The standard InChI is InChI=1S/C69H91N3O12/c1-17-21-22-26-57(73)71-55-24-23-25-56(70-55)72-58(74)39-81-62-43-27-45-33-52(67(8,9)10)35-47(63(45)82-40-59(75)78-18-2)29-49-37-54(69(14,15)16)38-50(65(49)84-42-61(77)80-20-4)30-48-36-53(68(11,12)13)34-46(64(48)83-41-60(76)79-19-3)28-44(62)32-51(31-43)66(5,6)7/h23-25,31-38H,17-22,26-30,39-42H2,1-16H3,(H2,70,71,72,73,74). The van der Waals surface area contributed by atoms with Crippen molar-refractivity contribution in [3.63, 3.8) is 0 Å².